The van der Waals surface area contributed by atoms with Crippen LogP contribution in [0.15, 0.2) is 24.3 Å². The summed E-state index contributed by atoms with van der Waals surface area (Å²) in [5.74, 6) is 0.383. The average Bonchev–Trinajstić information content (AvgIpc) is 2.54. The minimum Gasteiger partial charge on any atom is -0.396 e. The highest BCUT2D eigenvalue weighted by Crippen LogP contribution is 2.37. The van der Waals surface area contributed by atoms with Crippen molar-refractivity contribution in [1.29, 1.82) is 0 Å². The van der Waals surface area contributed by atoms with Gasteiger partial charge in [0.25, 0.3) is 0 Å². The molecule has 0 saturated carbocycles. The van der Waals surface area contributed by atoms with E-state index in [4.69, 9.17) is 0 Å². The summed E-state index contributed by atoms with van der Waals surface area (Å²) in [6, 6.07) is 8.66. The Balaban J connectivity index is 2.26. The Labute approximate surface area is 97.9 Å². The summed E-state index contributed by atoms with van der Waals surface area (Å²) >= 11 is 0. The van der Waals surface area contributed by atoms with E-state index in [9.17, 15) is 5.11 Å². The maximum Gasteiger partial charge on any atom is 0.0482 e. The Morgan fingerprint density at radius 2 is 1.94 bits per heavy atom. The highest BCUT2D eigenvalue weighted by atomic mass is 16.3. The van der Waals surface area contributed by atoms with Crippen LogP contribution in [-0.4, -0.2) is 23.8 Å². The number of hydrogen-bond acceptors (Lipinski definition) is 2. The predicted octanol–water partition coefficient (Wildman–Crippen LogP) is 2.59. The molecule has 1 saturated heterocycles. The third-order valence-electron chi connectivity index (χ3n) is 3.96. The van der Waals surface area contributed by atoms with Crippen LogP contribution < -0.4 is 4.90 Å². The van der Waals surface area contributed by atoms with Crippen molar-refractivity contribution in [2.45, 2.75) is 32.7 Å². The van der Waals surface area contributed by atoms with Gasteiger partial charge in [-0.1, -0.05) is 17.7 Å². The molecule has 16 heavy (non-hydrogen) atoms. The van der Waals surface area contributed by atoms with Crippen LogP contribution in [-0.2, 0) is 0 Å². The largest absolute Gasteiger partial charge is 0.396 e. The molecule has 1 aromatic rings. The van der Waals surface area contributed by atoms with Gasteiger partial charge in [0.15, 0.2) is 0 Å². The minimum absolute atomic E-state index is 0.0595. The first-order valence-electron chi connectivity index (χ1n) is 6.01. The lowest BCUT2D eigenvalue weighted by Gasteiger charge is -2.37. The quantitative estimate of drug-likeness (QED) is 0.826. The van der Waals surface area contributed by atoms with Crippen LogP contribution in [0.1, 0.15) is 25.8 Å². The van der Waals surface area contributed by atoms with Crippen LogP contribution in [0.5, 0.6) is 0 Å². The van der Waals surface area contributed by atoms with Crippen LogP contribution in [0.25, 0.3) is 0 Å². The second-order valence-corrected chi connectivity index (χ2v) is 5.31. The SMILES string of the molecule is Cc1ccc(N2CCC(CO)C2(C)C)cc1. The first-order valence-corrected chi connectivity index (χ1v) is 6.01. The van der Waals surface area contributed by atoms with E-state index >= 15 is 0 Å². The van der Waals surface area contributed by atoms with Gasteiger partial charge in [-0.15, -0.1) is 0 Å². The van der Waals surface area contributed by atoms with Crippen molar-refractivity contribution >= 4 is 5.69 Å². The molecule has 1 aliphatic rings. The second-order valence-electron chi connectivity index (χ2n) is 5.31. The van der Waals surface area contributed by atoms with E-state index in [2.05, 4.69) is 49.9 Å². The van der Waals surface area contributed by atoms with Gasteiger partial charge >= 0.3 is 0 Å². The van der Waals surface area contributed by atoms with Crippen LogP contribution in [0, 0.1) is 12.8 Å². The van der Waals surface area contributed by atoms with Crippen LogP contribution >= 0.6 is 0 Å². The molecule has 2 nitrogen and oxygen atoms in total. The van der Waals surface area contributed by atoms with Gasteiger partial charge in [0.1, 0.15) is 0 Å². The molecule has 1 fully saturated rings. The Kier molecular flexibility index (Phi) is 2.94. The van der Waals surface area contributed by atoms with Crippen molar-refractivity contribution in [1.82, 2.24) is 0 Å². The lowest BCUT2D eigenvalue weighted by molar-refractivity contribution is 0.189. The van der Waals surface area contributed by atoms with Crippen LogP contribution in [0.3, 0.4) is 0 Å². The molecule has 1 aromatic carbocycles. The highest BCUT2D eigenvalue weighted by molar-refractivity contribution is 5.51. The van der Waals surface area contributed by atoms with E-state index in [1.54, 1.807) is 0 Å². The zero-order chi connectivity index (χ0) is 11.8. The number of aliphatic hydroxyl groups excluding tert-OH is 1. The summed E-state index contributed by atoms with van der Waals surface area (Å²) in [6.45, 7) is 7.88. The molecule has 1 N–H and O–H groups in total. The van der Waals surface area contributed by atoms with Crippen LogP contribution in [0.2, 0.25) is 0 Å². The lowest BCUT2D eigenvalue weighted by Crippen LogP contribution is -2.43. The zero-order valence-electron chi connectivity index (χ0n) is 10.4. The fourth-order valence-corrected chi connectivity index (χ4v) is 2.65. The molecule has 0 radical (unpaired) electrons. The number of rotatable bonds is 2. The van der Waals surface area contributed by atoms with Crippen molar-refractivity contribution in [3.05, 3.63) is 29.8 Å². The van der Waals surface area contributed by atoms with E-state index < -0.39 is 0 Å². The smallest absolute Gasteiger partial charge is 0.0482 e. The van der Waals surface area contributed by atoms with Gasteiger partial charge in [-0.05, 0) is 39.3 Å². The summed E-state index contributed by atoms with van der Waals surface area (Å²) in [5, 5.41) is 9.38. The first-order chi connectivity index (χ1) is 7.55. The van der Waals surface area contributed by atoms with Gasteiger partial charge in [-0.2, -0.15) is 0 Å². The van der Waals surface area contributed by atoms with E-state index in [-0.39, 0.29) is 12.1 Å². The monoisotopic (exact) mass is 219 g/mol. The molecule has 88 valence electrons. The molecule has 1 aliphatic heterocycles. The van der Waals surface area contributed by atoms with Crippen molar-refractivity contribution in [3.8, 4) is 0 Å². The molecule has 1 atom stereocenters. The zero-order valence-corrected chi connectivity index (χ0v) is 10.4. The lowest BCUT2D eigenvalue weighted by atomic mass is 9.89. The molecule has 0 bridgehead atoms. The maximum absolute atomic E-state index is 9.38. The summed E-state index contributed by atoms with van der Waals surface area (Å²) in [5.41, 5.74) is 2.62. The Morgan fingerprint density at radius 1 is 1.31 bits per heavy atom. The number of aryl methyl sites for hydroxylation is 1. The van der Waals surface area contributed by atoms with Crippen molar-refractivity contribution in [2.24, 2.45) is 5.92 Å². The molecule has 0 aromatic heterocycles. The summed E-state index contributed by atoms with van der Waals surface area (Å²) in [6.07, 6.45) is 1.08. The number of nitrogens with zero attached hydrogens (tertiary/aromatic N) is 1. The standard InChI is InChI=1S/C14H21NO/c1-11-4-6-13(7-5-11)15-9-8-12(10-16)14(15,2)3/h4-7,12,16H,8-10H2,1-3H3. The fraction of sp³-hybridized carbons (Fsp3) is 0.571. The first kappa shape index (κ1) is 11.5. The van der Waals surface area contributed by atoms with E-state index in [1.807, 2.05) is 0 Å². The molecular formula is C14H21NO. The molecule has 0 aliphatic carbocycles. The number of benzene rings is 1. The Hall–Kier alpha value is -1.02. The molecular weight excluding hydrogens is 198 g/mol. The summed E-state index contributed by atoms with van der Waals surface area (Å²) in [7, 11) is 0. The van der Waals surface area contributed by atoms with Gasteiger partial charge in [0.05, 0.1) is 0 Å². The van der Waals surface area contributed by atoms with E-state index in [1.165, 1.54) is 11.3 Å². The second kappa shape index (κ2) is 4.10. The normalized spacial score (nSPS) is 23.8. The molecule has 0 amide bonds. The van der Waals surface area contributed by atoms with Crippen LogP contribution in [0.4, 0.5) is 5.69 Å². The third kappa shape index (κ3) is 1.82. The molecule has 2 rings (SSSR count). The number of aliphatic hydroxyl groups is 1. The summed E-state index contributed by atoms with van der Waals surface area (Å²) < 4.78 is 0. The average molecular weight is 219 g/mol. The van der Waals surface area contributed by atoms with Gasteiger partial charge in [0.2, 0.25) is 0 Å². The van der Waals surface area contributed by atoms with Crippen molar-refractivity contribution in [2.75, 3.05) is 18.1 Å². The van der Waals surface area contributed by atoms with Crippen molar-refractivity contribution < 1.29 is 5.11 Å². The fourth-order valence-electron chi connectivity index (χ4n) is 2.65. The maximum atomic E-state index is 9.38. The topological polar surface area (TPSA) is 23.5 Å². The molecule has 0 spiro atoms. The Bertz CT molecular complexity index is 356. The van der Waals surface area contributed by atoms with E-state index in [0.717, 1.165) is 13.0 Å². The number of hydrogen-bond donors (Lipinski definition) is 1. The molecule has 2 heteroatoms. The van der Waals surface area contributed by atoms with Gasteiger partial charge in [0, 0.05) is 30.3 Å². The van der Waals surface area contributed by atoms with Crippen molar-refractivity contribution in [3.63, 3.8) is 0 Å². The van der Waals surface area contributed by atoms with E-state index in [0.29, 0.717) is 5.92 Å². The van der Waals surface area contributed by atoms with Gasteiger partial charge < -0.3 is 10.0 Å². The summed E-state index contributed by atoms with van der Waals surface area (Å²) in [4.78, 5) is 2.41. The van der Waals surface area contributed by atoms with Gasteiger partial charge in [-0.3, -0.25) is 0 Å². The Morgan fingerprint density at radius 3 is 2.44 bits per heavy atom. The van der Waals surface area contributed by atoms with Gasteiger partial charge in [-0.25, -0.2) is 0 Å². The molecule has 1 heterocycles. The molecule has 1 unspecified atom stereocenters. The third-order valence-corrected chi connectivity index (χ3v) is 3.96. The number of anilines is 1. The minimum atomic E-state index is 0.0595. The highest BCUT2D eigenvalue weighted by Gasteiger charge is 2.40. The predicted molar refractivity (Wildman–Crippen MR) is 67.8 cm³/mol.